The molecule has 0 radical (unpaired) electrons. The smallest absolute Gasteiger partial charge is 0.228 e. The fourth-order valence-corrected chi connectivity index (χ4v) is 3.08. The van der Waals surface area contributed by atoms with E-state index in [-0.39, 0.29) is 12.0 Å². The van der Waals surface area contributed by atoms with Crippen molar-refractivity contribution in [2.75, 3.05) is 13.3 Å². The number of aromatic amines is 1. The summed E-state index contributed by atoms with van der Waals surface area (Å²) in [6, 6.07) is 18.1. The molecular weight excluding hydrogens is 288 g/mol. The van der Waals surface area contributed by atoms with E-state index in [1.807, 2.05) is 60.8 Å². The number of H-pyrrole nitrogens is 1. The molecule has 1 atom stereocenters. The van der Waals surface area contributed by atoms with Gasteiger partial charge in [0.15, 0.2) is 0 Å². The van der Waals surface area contributed by atoms with Crippen molar-refractivity contribution in [2.24, 2.45) is 0 Å². The molecule has 1 aliphatic heterocycles. The highest BCUT2D eigenvalue weighted by Gasteiger charge is 2.28. The molecule has 1 saturated heterocycles. The number of ether oxygens (including phenoxy) is 1. The van der Waals surface area contributed by atoms with Gasteiger partial charge in [-0.3, -0.25) is 4.79 Å². The summed E-state index contributed by atoms with van der Waals surface area (Å²) >= 11 is 0. The Bertz CT molecular complexity index is 826. The molecule has 0 spiro atoms. The van der Waals surface area contributed by atoms with Crippen molar-refractivity contribution in [1.29, 1.82) is 0 Å². The maximum Gasteiger partial charge on any atom is 0.228 e. The zero-order chi connectivity index (χ0) is 15.6. The Morgan fingerprint density at radius 2 is 1.91 bits per heavy atom. The van der Waals surface area contributed by atoms with Crippen LogP contribution in [0.25, 0.3) is 10.9 Å². The molecule has 0 saturated carbocycles. The van der Waals surface area contributed by atoms with Crippen LogP contribution < -0.4 is 0 Å². The Labute approximate surface area is 134 Å². The van der Waals surface area contributed by atoms with Crippen LogP contribution in [0.4, 0.5) is 0 Å². The second-order valence-corrected chi connectivity index (χ2v) is 5.85. The molecule has 4 heteroatoms. The molecule has 1 unspecified atom stereocenters. The Morgan fingerprint density at radius 1 is 1.13 bits per heavy atom. The largest absolute Gasteiger partial charge is 0.361 e. The molecule has 0 aliphatic carbocycles. The van der Waals surface area contributed by atoms with Crippen LogP contribution in [0.1, 0.15) is 17.2 Å². The number of hydrogen-bond donors (Lipinski definition) is 1. The third kappa shape index (κ3) is 2.73. The lowest BCUT2D eigenvalue weighted by atomic mass is 10.1. The molecule has 0 bridgehead atoms. The van der Waals surface area contributed by atoms with Gasteiger partial charge in [-0.25, -0.2) is 0 Å². The predicted molar refractivity (Wildman–Crippen MR) is 88.9 cm³/mol. The number of aromatic nitrogens is 1. The van der Waals surface area contributed by atoms with Crippen molar-refractivity contribution in [3.8, 4) is 0 Å². The minimum Gasteiger partial charge on any atom is -0.361 e. The van der Waals surface area contributed by atoms with Crippen molar-refractivity contribution in [3.05, 3.63) is 71.9 Å². The van der Waals surface area contributed by atoms with E-state index in [1.54, 1.807) is 4.90 Å². The number of carbonyl (C=O) groups is 1. The zero-order valence-electron chi connectivity index (χ0n) is 12.7. The fourth-order valence-electron chi connectivity index (χ4n) is 3.08. The first-order valence-corrected chi connectivity index (χ1v) is 7.80. The first-order valence-electron chi connectivity index (χ1n) is 7.80. The number of amides is 1. The number of carbonyl (C=O) groups excluding carboxylic acids is 1. The van der Waals surface area contributed by atoms with Gasteiger partial charge in [0, 0.05) is 17.1 Å². The Kier molecular flexibility index (Phi) is 3.60. The molecule has 116 valence electrons. The summed E-state index contributed by atoms with van der Waals surface area (Å²) in [5.74, 6) is 0.105. The topological polar surface area (TPSA) is 45.3 Å². The molecule has 1 fully saturated rings. The predicted octanol–water partition coefficient (Wildman–Crippen LogP) is 3.27. The average Bonchev–Trinajstić information content (AvgIpc) is 3.24. The van der Waals surface area contributed by atoms with Crippen LogP contribution in [0.3, 0.4) is 0 Å². The monoisotopic (exact) mass is 306 g/mol. The number of hydrogen-bond acceptors (Lipinski definition) is 2. The third-order valence-corrected chi connectivity index (χ3v) is 4.36. The highest BCUT2D eigenvalue weighted by Crippen LogP contribution is 2.25. The molecule has 2 aromatic carbocycles. The van der Waals surface area contributed by atoms with Gasteiger partial charge in [0.1, 0.15) is 12.8 Å². The SMILES string of the molecule is O=C(Cc1c[nH]c2ccccc12)N1COC(c2ccccc2)C1. The second kappa shape index (κ2) is 5.89. The van der Waals surface area contributed by atoms with E-state index in [0.29, 0.717) is 19.7 Å². The molecule has 23 heavy (non-hydrogen) atoms. The molecule has 4 rings (SSSR count). The van der Waals surface area contributed by atoms with E-state index in [9.17, 15) is 4.79 Å². The van der Waals surface area contributed by atoms with E-state index in [1.165, 1.54) is 0 Å². The molecule has 1 N–H and O–H groups in total. The van der Waals surface area contributed by atoms with Crippen LogP contribution in [0.15, 0.2) is 60.8 Å². The lowest BCUT2D eigenvalue weighted by Crippen LogP contribution is -2.29. The van der Waals surface area contributed by atoms with Gasteiger partial charge in [-0.1, -0.05) is 48.5 Å². The summed E-state index contributed by atoms with van der Waals surface area (Å²) in [6.45, 7) is 0.978. The maximum absolute atomic E-state index is 12.6. The normalized spacial score (nSPS) is 17.7. The maximum atomic E-state index is 12.6. The van der Waals surface area contributed by atoms with E-state index < -0.39 is 0 Å². The highest BCUT2D eigenvalue weighted by molar-refractivity contribution is 5.88. The summed E-state index contributed by atoms with van der Waals surface area (Å²) < 4.78 is 5.78. The van der Waals surface area contributed by atoms with E-state index in [0.717, 1.165) is 22.0 Å². The number of nitrogens with one attached hydrogen (secondary N) is 1. The third-order valence-electron chi connectivity index (χ3n) is 4.36. The minimum atomic E-state index is -0.0249. The zero-order valence-corrected chi connectivity index (χ0v) is 12.7. The van der Waals surface area contributed by atoms with Gasteiger partial charge in [-0.05, 0) is 17.2 Å². The number of para-hydroxylation sites is 1. The summed E-state index contributed by atoms with van der Waals surface area (Å²) in [5, 5.41) is 1.11. The molecule has 1 aromatic heterocycles. The van der Waals surface area contributed by atoms with Crippen LogP contribution in [0, 0.1) is 0 Å². The van der Waals surface area contributed by atoms with Gasteiger partial charge in [0.2, 0.25) is 5.91 Å². The van der Waals surface area contributed by atoms with Crippen molar-refractivity contribution in [2.45, 2.75) is 12.5 Å². The number of rotatable bonds is 3. The Balaban J connectivity index is 1.46. The molecule has 4 nitrogen and oxygen atoms in total. The molecule has 3 aromatic rings. The first-order chi connectivity index (χ1) is 11.3. The van der Waals surface area contributed by atoms with Crippen molar-refractivity contribution >= 4 is 16.8 Å². The Morgan fingerprint density at radius 3 is 2.78 bits per heavy atom. The number of nitrogens with zero attached hydrogens (tertiary/aromatic N) is 1. The molecule has 1 aliphatic rings. The average molecular weight is 306 g/mol. The second-order valence-electron chi connectivity index (χ2n) is 5.85. The van der Waals surface area contributed by atoms with Crippen LogP contribution in [0.2, 0.25) is 0 Å². The first kappa shape index (κ1) is 14.0. The van der Waals surface area contributed by atoms with E-state index >= 15 is 0 Å². The van der Waals surface area contributed by atoms with Gasteiger partial charge in [0.25, 0.3) is 0 Å². The van der Waals surface area contributed by atoms with Gasteiger partial charge >= 0.3 is 0 Å². The standard InChI is InChI=1S/C19H18N2O2/c22-19(10-15-11-20-17-9-5-4-8-16(15)17)21-12-18(23-13-21)14-6-2-1-3-7-14/h1-9,11,18,20H,10,12-13H2. The number of fused-ring (bicyclic) bond motifs is 1. The summed E-state index contributed by atoms with van der Waals surface area (Å²) in [4.78, 5) is 17.6. The number of benzene rings is 2. The van der Waals surface area contributed by atoms with Gasteiger partial charge in [-0.2, -0.15) is 0 Å². The molecule has 1 amide bonds. The summed E-state index contributed by atoms with van der Waals surface area (Å²) in [6.07, 6.45) is 2.30. The van der Waals surface area contributed by atoms with Gasteiger partial charge in [0.05, 0.1) is 13.0 Å². The van der Waals surface area contributed by atoms with Crippen LogP contribution in [-0.2, 0) is 16.0 Å². The lowest BCUT2D eigenvalue weighted by molar-refractivity contribution is -0.130. The van der Waals surface area contributed by atoms with Gasteiger partial charge in [-0.15, -0.1) is 0 Å². The molecule has 2 heterocycles. The molecular formula is C19H18N2O2. The van der Waals surface area contributed by atoms with Crippen molar-refractivity contribution < 1.29 is 9.53 Å². The highest BCUT2D eigenvalue weighted by atomic mass is 16.5. The van der Waals surface area contributed by atoms with Crippen LogP contribution >= 0.6 is 0 Å². The van der Waals surface area contributed by atoms with Gasteiger partial charge < -0.3 is 14.6 Å². The van der Waals surface area contributed by atoms with Crippen LogP contribution in [0.5, 0.6) is 0 Å². The quantitative estimate of drug-likeness (QED) is 0.807. The fraction of sp³-hybridized carbons (Fsp3) is 0.211. The van der Waals surface area contributed by atoms with Crippen molar-refractivity contribution in [3.63, 3.8) is 0 Å². The summed E-state index contributed by atoms with van der Waals surface area (Å²) in [7, 11) is 0. The van der Waals surface area contributed by atoms with Crippen molar-refractivity contribution in [1.82, 2.24) is 9.88 Å². The van der Waals surface area contributed by atoms with Crippen LogP contribution in [-0.4, -0.2) is 29.1 Å². The lowest BCUT2D eigenvalue weighted by Gasteiger charge is -2.14. The Hall–Kier alpha value is -2.59. The minimum absolute atomic E-state index is 0.0249. The van der Waals surface area contributed by atoms with E-state index in [2.05, 4.69) is 4.98 Å². The summed E-state index contributed by atoms with van der Waals surface area (Å²) in [5.41, 5.74) is 3.22. The van der Waals surface area contributed by atoms with E-state index in [4.69, 9.17) is 4.74 Å².